The van der Waals surface area contributed by atoms with Crippen LogP contribution in [0.25, 0.3) is 11.1 Å². The molecule has 2 aliphatic rings. The SMILES string of the molecule is N#Cc1ccc(-c2ccc3c(c2)C2(CCCCC2)OC(=O)N3)cc1S. The number of hydrogen-bond acceptors (Lipinski definition) is 4. The normalized spacial score (nSPS) is 18.0. The monoisotopic (exact) mass is 350 g/mol. The maximum Gasteiger partial charge on any atom is 0.412 e. The van der Waals surface area contributed by atoms with Gasteiger partial charge in [-0.15, -0.1) is 12.6 Å². The zero-order valence-corrected chi connectivity index (χ0v) is 14.6. The number of hydrogen-bond donors (Lipinski definition) is 2. The van der Waals surface area contributed by atoms with Crippen molar-refractivity contribution >= 4 is 24.4 Å². The average Bonchev–Trinajstić information content (AvgIpc) is 2.62. The summed E-state index contributed by atoms with van der Waals surface area (Å²) in [5, 5.41) is 11.9. The van der Waals surface area contributed by atoms with Crippen LogP contribution in [0, 0.1) is 11.3 Å². The van der Waals surface area contributed by atoms with Gasteiger partial charge in [-0.1, -0.05) is 18.6 Å². The Kier molecular flexibility index (Phi) is 3.93. The third-order valence-corrected chi connectivity index (χ3v) is 5.52. The van der Waals surface area contributed by atoms with Crippen LogP contribution in [0.15, 0.2) is 41.3 Å². The molecule has 5 heteroatoms. The van der Waals surface area contributed by atoms with Crippen LogP contribution in [0.1, 0.15) is 43.2 Å². The van der Waals surface area contributed by atoms with Crippen molar-refractivity contribution in [3.63, 3.8) is 0 Å². The van der Waals surface area contributed by atoms with Crippen LogP contribution in [0.3, 0.4) is 0 Å². The van der Waals surface area contributed by atoms with E-state index in [9.17, 15) is 4.79 Å². The first-order valence-corrected chi connectivity index (χ1v) is 8.94. The number of nitrogens with one attached hydrogen (secondary N) is 1. The molecule has 0 unspecified atom stereocenters. The summed E-state index contributed by atoms with van der Waals surface area (Å²) < 4.78 is 5.78. The van der Waals surface area contributed by atoms with E-state index in [1.807, 2.05) is 24.3 Å². The summed E-state index contributed by atoms with van der Waals surface area (Å²) in [6, 6.07) is 13.8. The Morgan fingerprint density at radius 3 is 2.52 bits per heavy atom. The fourth-order valence-electron chi connectivity index (χ4n) is 3.88. The summed E-state index contributed by atoms with van der Waals surface area (Å²) in [4.78, 5) is 12.7. The zero-order valence-electron chi connectivity index (χ0n) is 13.7. The predicted octanol–water partition coefficient (Wildman–Crippen LogP) is 5.24. The third kappa shape index (κ3) is 2.77. The predicted molar refractivity (Wildman–Crippen MR) is 98.7 cm³/mol. The molecular formula is C20H18N2O2S. The van der Waals surface area contributed by atoms with Crippen LogP contribution in [-0.4, -0.2) is 6.09 Å². The van der Waals surface area contributed by atoms with E-state index in [-0.39, 0.29) is 6.09 Å². The molecule has 0 saturated heterocycles. The highest BCUT2D eigenvalue weighted by molar-refractivity contribution is 7.80. The quantitative estimate of drug-likeness (QED) is 0.692. The Bertz CT molecular complexity index is 895. The number of amides is 1. The average molecular weight is 350 g/mol. The summed E-state index contributed by atoms with van der Waals surface area (Å²) in [5.41, 5.74) is 3.96. The number of carbonyl (C=O) groups is 1. The molecule has 4 nitrogen and oxygen atoms in total. The molecule has 1 aliphatic heterocycles. The first kappa shape index (κ1) is 16.0. The second-order valence-corrected chi connectivity index (χ2v) is 7.16. The van der Waals surface area contributed by atoms with E-state index in [0.717, 1.165) is 48.1 Å². The van der Waals surface area contributed by atoms with Crippen molar-refractivity contribution in [1.29, 1.82) is 5.26 Å². The maximum atomic E-state index is 12.0. The molecule has 1 fully saturated rings. The van der Waals surface area contributed by atoms with E-state index in [0.29, 0.717) is 10.5 Å². The number of nitrogens with zero attached hydrogens (tertiary/aromatic N) is 1. The second-order valence-electron chi connectivity index (χ2n) is 6.67. The van der Waals surface area contributed by atoms with Crippen LogP contribution in [0.5, 0.6) is 0 Å². The van der Waals surface area contributed by atoms with Gasteiger partial charge in [-0.3, -0.25) is 5.32 Å². The topological polar surface area (TPSA) is 62.1 Å². The van der Waals surface area contributed by atoms with Gasteiger partial charge < -0.3 is 4.74 Å². The third-order valence-electron chi connectivity index (χ3n) is 5.15. The number of anilines is 1. The molecule has 0 bridgehead atoms. The van der Waals surface area contributed by atoms with Crippen molar-refractivity contribution < 1.29 is 9.53 Å². The molecule has 25 heavy (non-hydrogen) atoms. The number of nitriles is 1. The fourth-order valence-corrected chi connectivity index (χ4v) is 4.14. The van der Waals surface area contributed by atoms with Crippen LogP contribution in [0.2, 0.25) is 0 Å². The standard InChI is InChI=1S/C20H18N2O2S/c21-12-15-5-4-14(11-18(15)25)13-6-7-17-16(10-13)20(24-19(23)22-17)8-2-1-3-9-20/h4-7,10-11,25H,1-3,8-9H2,(H,22,23). The molecule has 0 radical (unpaired) electrons. The van der Waals surface area contributed by atoms with Gasteiger partial charge in [-0.05, 0) is 61.1 Å². The highest BCUT2D eigenvalue weighted by atomic mass is 32.1. The number of carbonyl (C=O) groups excluding carboxylic acids is 1. The van der Waals surface area contributed by atoms with Gasteiger partial charge in [0.1, 0.15) is 11.7 Å². The molecule has 1 N–H and O–H groups in total. The summed E-state index contributed by atoms with van der Waals surface area (Å²) in [6.45, 7) is 0. The van der Waals surface area contributed by atoms with Gasteiger partial charge in [0.15, 0.2) is 0 Å². The van der Waals surface area contributed by atoms with E-state index in [4.69, 9.17) is 10.00 Å². The minimum absolute atomic E-state index is 0.363. The molecule has 0 atom stereocenters. The molecule has 1 heterocycles. The van der Waals surface area contributed by atoms with E-state index < -0.39 is 5.60 Å². The van der Waals surface area contributed by atoms with Gasteiger partial charge >= 0.3 is 6.09 Å². The van der Waals surface area contributed by atoms with Gasteiger partial charge in [0.05, 0.1) is 11.3 Å². The summed E-state index contributed by atoms with van der Waals surface area (Å²) >= 11 is 4.40. The Hall–Kier alpha value is -2.45. The molecule has 1 spiro atoms. The highest BCUT2D eigenvalue weighted by Crippen LogP contribution is 2.47. The van der Waals surface area contributed by atoms with E-state index in [1.165, 1.54) is 6.42 Å². The summed E-state index contributed by atoms with van der Waals surface area (Å²) in [7, 11) is 0. The van der Waals surface area contributed by atoms with Gasteiger partial charge in [0.2, 0.25) is 0 Å². The second kappa shape index (κ2) is 6.12. The molecule has 0 aromatic heterocycles. The Morgan fingerprint density at radius 1 is 1.08 bits per heavy atom. The van der Waals surface area contributed by atoms with E-state index in [2.05, 4.69) is 30.1 Å². The van der Waals surface area contributed by atoms with Crippen molar-refractivity contribution in [3.05, 3.63) is 47.5 Å². The van der Waals surface area contributed by atoms with Gasteiger partial charge in [-0.25, -0.2) is 4.79 Å². The molecule has 2 aromatic carbocycles. The molecule has 2 aromatic rings. The molecular weight excluding hydrogens is 332 g/mol. The van der Waals surface area contributed by atoms with Crippen LogP contribution in [-0.2, 0) is 10.3 Å². The largest absolute Gasteiger partial charge is 0.438 e. The lowest BCUT2D eigenvalue weighted by Gasteiger charge is -2.41. The van der Waals surface area contributed by atoms with Crippen molar-refractivity contribution in [2.45, 2.75) is 42.6 Å². The zero-order chi connectivity index (χ0) is 17.4. The summed E-state index contributed by atoms with van der Waals surface area (Å²) in [6.07, 6.45) is 4.67. The Labute approximate surface area is 152 Å². The number of thiol groups is 1. The maximum absolute atomic E-state index is 12.0. The van der Waals surface area contributed by atoms with Gasteiger partial charge in [0.25, 0.3) is 0 Å². The molecule has 4 rings (SSSR count). The molecule has 1 amide bonds. The number of benzene rings is 2. The number of rotatable bonds is 1. The van der Waals surface area contributed by atoms with Crippen molar-refractivity contribution in [1.82, 2.24) is 0 Å². The van der Waals surface area contributed by atoms with Crippen LogP contribution < -0.4 is 5.32 Å². The van der Waals surface area contributed by atoms with Crippen molar-refractivity contribution in [2.75, 3.05) is 5.32 Å². The lowest BCUT2D eigenvalue weighted by atomic mass is 9.77. The molecule has 126 valence electrons. The number of ether oxygens (including phenoxy) is 1. The van der Waals surface area contributed by atoms with Crippen LogP contribution in [0.4, 0.5) is 10.5 Å². The van der Waals surface area contributed by atoms with Crippen molar-refractivity contribution in [3.8, 4) is 17.2 Å². The first-order valence-electron chi connectivity index (χ1n) is 8.49. The van der Waals surface area contributed by atoms with Gasteiger partial charge in [0, 0.05) is 10.5 Å². The Balaban J connectivity index is 1.81. The van der Waals surface area contributed by atoms with E-state index >= 15 is 0 Å². The Morgan fingerprint density at radius 2 is 1.80 bits per heavy atom. The fraction of sp³-hybridized carbons (Fsp3) is 0.300. The van der Waals surface area contributed by atoms with Crippen LogP contribution >= 0.6 is 12.6 Å². The lowest BCUT2D eigenvalue weighted by Crippen LogP contribution is -2.41. The minimum atomic E-state index is -0.512. The van der Waals surface area contributed by atoms with Crippen molar-refractivity contribution in [2.24, 2.45) is 0 Å². The highest BCUT2D eigenvalue weighted by Gasteiger charge is 2.42. The smallest absolute Gasteiger partial charge is 0.412 e. The lowest BCUT2D eigenvalue weighted by molar-refractivity contribution is -0.0179. The molecule has 1 aliphatic carbocycles. The summed E-state index contributed by atoms with van der Waals surface area (Å²) in [5.74, 6) is 0. The molecule has 1 saturated carbocycles. The first-order chi connectivity index (χ1) is 12.1. The van der Waals surface area contributed by atoms with E-state index in [1.54, 1.807) is 6.07 Å². The number of fused-ring (bicyclic) bond motifs is 2. The minimum Gasteiger partial charge on any atom is -0.438 e. The van der Waals surface area contributed by atoms with Gasteiger partial charge in [-0.2, -0.15) is 5.26 Å².